The fraction of sp³-hybridized carbons (Fsp3) is 0.308. The van der Waals surface area contributed by atoms with Crippen molar-refractivity contribution in [3.8, 4) is 0 Å². The van der Waals surface area contributed by atoms with Gasteiger partial charge >= 0.3 is 0 Å². The van der Waals surface area contributed by atoms with Crippen molar-refractivity contribution >= 4 is 34.6 Å². The van der Waals surface area contributed by atoms with Gasteiger partial charge in [0.05, 0.1) is 0 Å². The van der Waals surface area contributed by atoms with Crippen LogP contribution in [0.25, 0.3) is 0 Å². The van der Waals surface area contributed by atoms with Gasteiger partial charge in [-0.2, -0.15) is 0 Å². The Morgan fingerprint density at radius 2 is 0.727 bits per heavy atom. The summed E-state index contributed by atoms with van der Waals surface area (Å²) >= 11 is 0. The molecule has 2 aromatic carbocycles. The Hall–Kier alpha value is -4.51. The standard InChI is InChI=1S/C39H45N5/c1-26(2)30-12-18-34(19-13-30)43(36-22-16-32(24-40-36)28(5)6)38-10-9-11-39(42-38)44(35-20-14-31(15-21-35)27(3)4)37-23-17-33(25-41-37)29(7)8/h9-29H,1-8H3. The maximum Gasteiger partial charge on any atom is 0.141 e. The number of benzene rings is 2. The first kappa shape index (κ1) is 30.9. The van der Waals surface area contributed by atoms with Crippen LogP contribution in [-0.4, -0.2) is 15.0 Å². The fourth-order valence-corrected chi connectivity index (χ4v) is 5.18. The van der Waals surface area contributed by atoms with Crippen LogP contribution in [0.2, 0.25) is 0 Å². The van der Waals surface area contributed by atoms with E-state index in [9.17, 15) is 0 Å². The summed E-state index contributed by atoms with van der Waals surface area (Å²) in [6.45, 7) is 17.6. The van der Waals surface area contributed by atoms with Crippen LogP contribution in [0.15, 0.2) is 103 Å². The summed E-state index contributed by atoms with van der Waals surface area (Å²) in [5.41, 5.74) is 7.03. The lowest BCUT2D eigenvalue weighted by molar-refractivity contribution is 0.857. The summed E-state index contributed by atoms with van der Waals surface area (Å²) in [7, 11) is 0. The first-order valence-electron chi connectivity index (χ1n) is 15.8. The molecule has 0 saturated heterocycles. The Morgan fingerprint density at radius 1 is 0.386 bits per heavy atom. The summed E-state index contributed by atoms with van der Waals surface area (Å²) in [5, 5.41) is 0. The third-order valence-electron chi connectivity index (χ3n) is 8.15. The molecule has 3 heterocycles. The number of hydrogen-bond donors (Lipinski definition) is 0. The average Bonchev–Trinajstić information content (AvgIpc) is 3.02. The highest BCUT2D eigenvalue weighted by atomic mass is 15.3. The molecular formula is C39H45N5. The quantitative estimate of drug-likeness (QED) is 0.164. The zero-order chi connectivity index (χ0) is 31.4. The second-order valence-corrected chi connectivity index (χ2v) is 12.7. The van der Waals surface area contributed by atoms with Gasteiger partial charge in [-0.3, -0.25) is 9.80 Å². The predicted molar refractivity (Wildman–Crippen MR) is 186 cm³/mol. The van der Waals surface area contributed by atoms with Crippen LogP contribution in [-0.2, 0) is 0 Å². The van der Waals surface area contributed by atoms with Crippen molar-refractivity contribution in [2.45, 2.75) is 79.1 Å². The van der Waals surface area contributed by atoms with Crippen molar-refractivity contribution in [3.63, 3.8) is 0 Å². The van der Waals surface area contributed by atoms with Gasteiger partial charge in [0, 0.05) is 23.8 Å². The Labute approximate surface area is 263 Å². The van der Waals surface area contributed by atoms with Crippen molar-refractivity contribution in [2.75, 3.05) is 9.80 Å². The van der Waals surface area contributed by atoms with Crippen LogP contribution in [0.4, 0.5) is 34.6 Å². The topological polar surface area (TPSA) is 45.2 Å². The zero-order valence-electron chi connectivity index (χ0n) is 27.4. The highest BCUT2D eigenvalue weighted by molar-refractivity contribution is 5.77. The molecule has 0 aliphatic heterocycles. The average molecular weight is 584 g/mol. The summed E-state index contributed by atoms with van der Waals surface area (Å²) in [5.74, 6) is 4.93. The lowest BCUT2D eigenvalue weighted by Gasteiger charge is -2.27. The molecule has 0 bridgehead atoms. The van der Waals surface area contributed by atoms with Crippen molar-refractivity contribution in [3.05, 3.63) is 126 Å². The van der Waals surface area contributed by atoms with Crippen molar-refractivity contribution < 1.29 is 0 Å². The van der Waals surface area contributed by atoms with E-state index >= 15 is 0 Å². The van der Waals surface area contributed by atoms with Gasteiger partial charge < -0.3 is 0 Å². The third-order valence-corrected chi connectivity index (χ3v) is 8.15. The first-order valence-corrected chi connectivity index (χ1v) is 15.8. The molecule has 44 heavy (non-hydrogen) atoms. The Balaban J connectivity index is 1.64. The number of aromatic nitrogens is 3. The minimum atomic E-state index is 0.405. The summed E-state index contributed by atoms with van der Waals surface area (Å²) in [4.78, 5) is 19.4. The Kier molecular flexibility index (Phi) is 9.43. The molecule has 0 saturated carbocycles. The minimum Gasteiger partial charge on any atom is -0.279 e. The molecule has 0 atom stereocenters. The van der Waals surface area contributed by atoms with Crippen molar-refractivity contribution in [1.29, 1.82) is 0 Å². The van der Waals surface area contributed by atoms with Crippen LogP contribution >= 0.6 is 0 Å². The maximum absolute atomic E-state index is 5.28. The van der Waals surface area contributed by atoms with E-state index in [1.54, 1.807) is 0 Å². The van der Waals surface area contributed by atoms with E-state index < -0.39 is 0 Å². The van der Waals surface area contributed by atoms with E-state index in [2.05, 4.69) is 144 Å². The summed E-state index contributed by atoms with van der Waals surface area (Å²) in [6.07, 6.45) is 3.95. The van der Waals surface area contributed by atoms with Gasteiger partial charge in [0.15, 0.2) is 0 Å². The van der Waals surface area contributed by atoms with Gasteiger partial charge in [-0.05, 0) is 94.5 Å². The van der Waals surface area contributed by atoms with Gasteiger partial charge in [0.1, 0.15) is 23.3 Å². The van der Waals surface area contributed by atoms with Crippen molar-refractivity contribution in [1.82, 2.24) is 15.0 Å². The SMILES string of the molecule is CC(C)c1ccc(N(c2ccc(C(C)C)cn2)c2cccc(N(c3ccc(C(C)C)cc3)c3ccc(C(C)C)cn3)n2)cc1. The van der Waals surface area contributed by atoms with Gasteiger partial charge in [-0.25, -0.2) is 15.0 Å². The molecule has 5 rings (SSSR count). The first-order chi connectivity index (χ1) is 21.1. The second-order valence-electron chi connectivity index (χ2n) is 12.7. The van der Waals surface area contributed by atoms with Gasteiger partial charge in [-0.15, -0.1) is 0 Å². The normalized spacial score (nSPS) is 11.5. The van der Waals surface area contributed by atoms with E-state index in [-0.39, 0.29) is 0 Å². The third kappa shape index (κ3) is 6.83. The lowest BCUT2D eigenvalue weighted by atomic mass is 10.0. The largest absolute Gasteiger partial charge is 0.279 e. The number of nitrogens with zero attached hydrogens (tertiary/aromatic N) is 5. The van der Waals surface area contributed by atoms with Crippen LogP contribution in [0.3, 0.4) is 0 Å². The molecule has 3 aromatic heterocycles. The van der Waals surface area contributed by atoms with E-state index in [0.717, 1.165) is 34.6 Å². The van der Waals surface area contributed by atoms with Crippen LogP contribution in [0, 0.1) is 0 Å². The molecular weight excluding hydrogens is 538 g/mol. The van der Waals surface area contributed by atoms with E-state index in [1.807, 2.05) is 24.5 Å². The van der Waals surface area contributed by atoms with Gasteiger partial charge in [0.25, 0.3) is 0 Å². The molecule has 0 spiro atoms. The molecule has 226 valence electrons. The fourth-order valence-electron chi connectivity index (χ4n) is 5.18. The minimum absolute atomic E-state index is 0.405. The molecule has 0 amide bonds. The van der Waals surface area contributed by atoms with Gasteiger partial charge in [-0.1, -0.05) is 97.9 Å². The summed E-state index contributed by atoms with van der Waals surface area (Å²) in [6, 6.07) is 32.1. The van der Waals surface area contributed by atoms with Crippen LogP contribution in [0.5, 0.6) is 0 Å². The molecule has 0 aliphatic carbocycles. The molecule has 5 nitrogen and oxygen atoms in total. The highest BCUT2D eigenvalue weighted by Crippen LogP contribution is 2.38. The van der Waals surface area contributed by atoms with E-state index in [0.29, 0.717) is 23.7 Å². The monoisotopic (exact) mass is 583 g/mol. The molecule has 0 fully saturated rings. The Morgan fingerprint density at radius 3 is 1.02 bits per heavy atom. The van der Waals surface area contributed by atoms with E-state index in [4.69, 9.17) is 15.0 Å². The molecule has 0 radical (unpaired) electrons. The highest BCUT2D eigenvalue weighted by Gasteiger charge is 2.20. The molecule has 5 aromatic rings. The van der Waals surface area contributed by atoms with Gasteiger partial charge in [0.2, 0.25) is 0 Å². The molecule has 0 aliphatic rings. The predicted octanol–water partition coefficient (Wildman–Crippen LogP) is 11.3. The van der Waals surface area contributed by atoms with Crippen LogP contribution in [0.1, 0.15) is 101 Å². The van der Waals surface area contributed by atoms with E-state index in [1.165, 1.54) is 22.3 Å². The number of hydrogen-bond acceptors (Lipinski definition) is 5. The smallest absolute Gasteiger partial charge is 0.141 e. The number of pyridine rings is 3. The summed E-state index contributed by atoms with van der Waals surface area (Å²) < 4.78 is 0. The number of rotatable bonds is 10. The zero-order valence-corrected chi connectivity index (χ0v) is 27.4. The van der Waals surface area contributed by atoms with Crippen LogP contribution < -0.4 is 9.80 Å². The second kappa shape index (κ2) is 13.4. The number of anilines is 6. The Bertz CT molecular complexity index is 1410. The molecule has 0 N–H and O–H groups in total. The lowest BCUT2D eigenvalue weighted by Crippen LogP contribution is -2.17. The maximum atomic E-state index is 5.28. The molecule has 5 heteroatoms. The molecule has 0 unspecified atom stereocenters. The van der Waals surface area contributed by atoms with Crippen molar-refractivity contribution in [2.24, 2.45) is 0 Å².